The van der Waals surface area contributed by atoms with Gasteiger partial charge in [0, 0.05) is 25.5 Å². The van der Waals surface area contributed by atoms with Crippen LogP contribution in [0, 0.1) is 5.92 Å². The van der Waals surface area contributed by atoms with Crippen LogP contribution >= 0.6 is 0 Å². The first kappa shape index (κ1) is 13.9. The Morgan fingerprint density at radius 1 is 1.38 bits per heavy atom. The van der Waals surface area contributed by atoms with Crippen molar-refractivity contribution < 1.29 is 13.2 Å². The zero-order valence-electron chi connectivity index (χ0n) is 10.2. The van der Waals surface area contributed by atoms with Crippen molar-refractivity contribution in [2.24, 2.45) is 5.92 Å². The van der Waals surface area contributed by atoms with E-state index < -0.39 is 9.84 Å². The normalized spacial score (nSPS) is 20.9. The van der Waals surface area contributed by atoms with Crippen LogP contribution in [0.5, 0.6) is 0 Å². The summed E-state index contributed by atoms with van der Waals surface area (Å²) in [6.07, 6.45) is 4.28. The van der Waals surface area contributed by atoms with Crippen LogP contribution in [-0.2, 0) is 14.6 Å². The molecule has 5 heteroatoms. The van der Waals surface area contributed by atoms with Gasteiger partial charge in [-0.1, -0.05) is 6.92 Å². The second-order valence-electron chi connectivity index (χ2n) is 4.60. The monoisotopic (exact) mass is 249 g/mol. The fourth-order valence-corrected chi connectivity index (χ4v) is 3.18. The molecule has 1 atom stereocenters. The molecule has 1 rings (SSSR count). The number of hydrogen-bond acceptors (Lipinski definition) is 4. The zero-order valence-corrected chi connectivity index (χ0v) is 11.1. The minimum absolute atomic E-state index is 0.0962. The number of sulfone groups is 1. The molecule has 0 saturated carbocycles. The number of rotatable bonds is 6. The summed E-state index contributed by atoms with van der Waals surface area (Å²) in [5, 5.41) is 3.36. The molecule has 0 aromatic heterocycles. The number of nitrogens with one attached hydrogen (secondary N) is 1. The Hall–Kier alpha value is -0.130. The summed E-state index contributed by atoms with van der Waals surface area (Å²) in [4.78, 5) is 0. The third kappa shape index (κ3) is 5.27. The molecule has 96 valence electrons. The highest BCUT2D eigenvalue weighted by molar-refractivity contribution is 7.90. The molecule has 1 unspecified atom stereocenters. The van der Waals surface area contributed by atoms with Gasteiger partial charge in [0.2, 0.25) is 0 Å². The lowest BCUT2D eigenvalue weighted by Gasteiger charge is -2.30. The Bertz CT molecular complexity index is 284. The maximum absolute atomic E-state index is 11.4. The predicted molar refractivity (Wildman–Crippen MR) is 65.3 cm³/mol. The second-order valence-corrected chi connectivity index (χ2v) is 6.79. The Kier molecular flexibility index (Phi) is 5.72. The molecule has 0 aromatic carbocycles. The summed E-state index contributed by atoms with van der Waals surface area (Å²) >= 11 is 0. The molecule has 1 aliphatic heterocycles. The highest BCUT2D eigenvalue weighted by atomic mass is 32.2. The van der Waals surface area contributed by atoms with Gasteiger partial charge >= 0.3 is 0 Å². The van der Waals surface area contributed by atoms with Gasteiger partial charge in [-0.25, -0.2) is 8.42 Å². The molecule has 0 radical (unpaired) electrons. The topological polar surface area (TPSA) is 55.4 Å². The van der Waals surface area contributed by atoms with Crippen molar-refractivity contribution in [3.8, 4) is 0 Å². The molecule has 0 aliphatic carbocycles. The van der Waals surface area contributed by atoms with Crippen molar-refractivity contribution in [1.29, 1.82) is 0 Å². The van der Waals surface area contributed by atoms with E-state index in [0.717, 1.165) is 39.0 Å². The lowest BCUT2D eigenvalue weighted by Crippen LogP contribution is -2.43. The summed E-state index contributed by atoms with van der Waals surface area (Å²) in [6.45, 7) is 4.50. The molecule has 0 spiro atoms. The smallest absolute Gasteiger partial charge is 0.148 e. The van der Waals surface area contributed by atoms with E-state index in [1.807, 2.05) is 0 Å². The van der Waals surface area contributed by atoms with E-state index in [4.69, 9.17) is 4.74 Å². The lowest BCUT2D eigenvalue weighted by molar-refractivity contribution is 0.0564. The van der Waals surface area contributed by atoms with Gasteiger partial charge in [-0.15, -0.1) is 0 Å². The van der Waals surface area contributed by atoms with Gasteiger partial charge in [0.1, 0.15) is 9.84 Å². The highest BCUT2D eigenvalue weighted by Gasteiger charge is 2.26. The van der Waals surface area contributed by atoms with Crippen LogP contribution in [0.1, 0.15) is 26.2 Å². The van der Waals surface area contributed by atoms with Crippen LogP contribution in [-0.4, -0.2) is 46.2 Å². The molecule has 1 aliphatic rings. The Balaban J connectivity index is 2.54. The van der Waals surface area contributed by atoms with E-state index in [2.05, 4.69) is 12.2 Å². The average molecular weight is 249 g/mol. The third-order valence-corrected chi connectivity index (χ3v) is 3.94. The molecule has 1 saturated heterocycles. The molecule has 1 fully saturated rings. The van der Waals surface area contributed by atoms with E-state index in [1.165, 1.54) is 6.26 Å². The lowest BCUT2D eigenvalue weighted by atomic mass is 9.93. The molecule has 16 heavy (non-hydrogen) atoms. The van der Waals surface area contributed by atoms with Crippen LogP contribution in [0.15, 0.2) is 0 Å². The highest BCUT2D eigenvalue weighted by Crippen LogP contribution is 2.19. The molecule has 4 nitrogen and oxygen atoms in total. The Morgan fingerprint density at radius 2 is 2.00 bits per heavy atom. The van der Waals surface area contributed by atoms with Gasteiger partial charge in [0.15, 0.2) is 0 Å². The first-order valence-electron chi connectivity index (χ1n) is 6.02. The van der Waals surface area contributed by atoms with Gasteiger partial charge < -0.3 is 10.1 Å². The standard InChI is InChI=1S/C11H23NO3S/c1-3-6-12-11(9-16(2,13)14)10-4-7-15-8-5-10/h10-12H,3-9H2,1-2H3. The maximum Gasteiger partial charge on any atom is 0.148 e. The van der Waals surface area contributed by atoms with E-state index in [1.54, 1.807) is 0 Å². The maximum atomic E-state index is 11.4. The SMILES string of the molecule is CCCNC(CS(C)(=O)=O)C1CCOCC1. The summed E-state index contributed by atoms with van der Waals surface area (Å²) in [5.41, 5.74) is 0. The quantitative estimate of drug-likeness (QED) is 0.757. The van der Waals surface area contributed by atoms with Crippen LogP contribution in [0.4, 0.5) is 0 Å². The molecule has 0 bridgehead atoms. The molecule has 0 amide bonds. The van der Waals surface area contributed by atoms with Gasteiger partial charge in [-0.05, 0) is 31.7 Å². The molecule has 1 heterocycles. The number of ether oxygens (including phenoxy) is 1. The van der Waals surface area contributed by atoms with Gasteiger partial charge in [0.05, 0.1) is 5.75 Å². The molecule has 0 aromatic rings. The van der Waals surface area contributed by atoms with Crippen molar-refractivity contribution in [3.63, 3.8) is 0 Å². The fourth-order valence-electron chi connectivity index (χ4n) is 2.14. The Morgan fingerprint density at radius 3 is 2.50 bits per heavy atom. The first-order valence-corrected chi connectivity index (χ1v) is 8.08. The first-order chi connectivity index (χ1) is 7.53. The van der Waals surface area contributed by atoms with Crippen LogP contribution in [0.3, 0.4) is 0 Å². The molecular weight excluding hydrogens is 226 g/mol. The minimum atomic E-state index is -2.91. The van der Waals surface area contributed by atoms with Crippen LogP contribution in [0.2, 0.25) is 0 Å². The summed E-state index contributed by atoms with van der Waals surface area (Å²) in [7, 11) is -2.91. The third-order valence-electron chi connectivity index (χ3n) is 2.97. The van der Waals surface area contributed by atoms with Crippen LogP contribution < -0.4 is 5.32 Å². The summed E-state index contributed by atoms with van der Waals surface area (Å²) in [6, 6.07) is 0.0962. The second kappa shape index (κ2) is 6.57. The van der Waals surface area contributed by atoms with Crippen molar-refractivity contribution in [2.75, 3.05) is 31.8 Å². The summed E-state index contributed by atoms with van der Waals surface area (Å²) < 4.78 is 28.1. The fraction of sp³-hybridized carbons (Fsp3) is 1.00. The summed E-state index contributed by atoms with van der Waals surface area (Å²) in [5.74, 6) is 0.688. The van der Waals surface area contributed by atoms with Crippen LogP contribution in [0.25, 0.3) is 0 Å². The van der Waals surface area contributed by atoms with Gasteiger partial charge in [-0.3, -0.25) is 0 Å². The van der Waals surface area contributed by atoms with Crippen molar-refractivity contribution in [3.05, 3.63) is 0 Å². The largest absolute Gasteiger partial charge is 0.381 e. The predicted octanol–water partition coefficient (Wildman–Crippen LogP) is 0.826. The number of hydrogen-bond donors (Lipinski definition) is 1. The zero-order chi connectivity index (χ0) is 12.0. The molecule has 1 N–H and O–H groups in total. The van der Waals surface area contributed by atoms with E-state index in [0.29, 0.717) is 5.92 Å². The Labute approximate surface area is 98.7 Å². The van der Waals surface area contributed by atoms with Crippen molar-refractivity contribution in [2.45, 2.75) is 32.2 Å². The minimum Gasteiger partial charge on any atom is -0.381 e. The van der Waals surface area contributed by atoms with E-state index in [-0.39, 0.29) is 11.8 Å². The van der Waals surface area contributed by atoms with Crippen molar-refractivity contribution in [1.82, 2.24) is 5.32 Å². The van der Waals surface area contributed by atoms with Gasteiger partial charge in [0.25, 0.3) is 0 Å². The van der Waals surface area contributed by atoms with Crippen molar-refractivity contribution >= 4 is 9.84 Å². The van der Waals surface area contributed by atoms with E-state index in [9.17, 15) is 8.42 Å². The average Bonchev–Trinajstić information content (AvgIpc) is 2.24. The van der Waals surface area contributed by atoms with E-state index >= 15 is 0 Å². The van der Waals surface area contributed by atoms with Gasteiger partial charge in [-0.2, -0.15) is 0 Å². The molecular formula is C11H23NO3S.